The quantitative estimate of drug-likeness (QED) is 0.692. The number of likely N-dealkylation sites (N-methyl/N-ethyl adjacent to an activating group) is 1. The summed E-state index contributed by atoms with van der Waals surface area (Å²) in [6.07, 6.45) is 7.32. The molecule has 0 radical (unpaired) electrons. The molecule has 0 saturated carbocycles. The van der Waals surface area contributed by atoms with E-state index in [4.69, 9.17) is 0 Å². The molecule has 16 heavy (non-hydrogen) atoms. The Labute approximate surface area is 94.9 Å². The summed E-state index contributed by atoms with van der Waals surface area (Å²) >= 11 is 0. The number of rotatable bonds is 6. The van der Waals surface area contributed by atoms with Crippen molar-refractivity contribution in [3.63, 3.8) is 0 Å². The highest BCUT2D eigenvalue weighted by Crippen LogP contribution is 2.07. The molecule has 2 aromatic heterocycles. The van der Waals surface area contributed by atoms with Gasteiger partial charge in [0.1, 0.15) is 0 Å². The first-order chi connectivity index (χ1) is 7.92. The fourth-order valence-corrected chi connectivity index (χ4v) is 1.60. The van der Waals surface area contributed by atoms with Gasteiger partial charge in [0, 0.05) is 37.6 Å². The Hall–Kier alpha value is -1.46. The molecule has 0 spiro atoms. The van der Waals surface area contributed by atoms with Gasteiger partial charge in [0.2, 0.25) is 0 Å². The van der Waals surface area contributed by atoms with Gasteiger partial charge in [-0.05, 0) is 6.54 Å². The van der Waals surface area contributed by atoms with Gasteiger partial charge in [-0.2, -0.15) is 5.10 Å². The van der Waals surface area contributed by atoms with Crippen molar-refractivity contribution in [1.82, 2.24) is 25.2 Å². The van der Waals surface area contributed by atoms with Gasteiger partial charge in [0.15, 0.2) is 0 Å². The molecule has 2 N–H and O–H groups in total. The Morgan fingerprint density at radius 3 is 3.00 bits per heavy atom. The zero-order valence-corrected chi connectivity index (χ0v) is 9.48. The zero-order chi connectivity index (χ0) is 11.2. The Morgan fingerprint density at radius 2 is 2.12 bits per heavy atom. The van der Waals surface area contributed by atoms with E-state index in [0.29, 0.717) is 0 Å². The summed E-state index contributed by atoms with van der Waals surface area (Å²) in [4.78, 5) is 4.10. The van der Waals surface area contributed by atoms with Crippen LogP contribution in [0.1, 0.15) is 12.5 Å². The lowest BCUT2D eigenvalue weighted by Gasteiger charge is -2.03. The van der Waals surface area contributed by atoms with Gasteiger partial charge < -0.3 is 10.6 Å². The largest absolute Gasteiger partial charge is 0.316 e. The summed E-state index contributed by atoms with van der Waals surface area (Å²) < 4.78 is 1.84. The topological polar surface area (TPSA) is 54.2 Å². The highest BCUT2D eigenvalue weighted by Gasteiger charge is 2.02. The van der Waals surface area contributed by atoms with Crippen molar-refractivity contribution in [3.8, 4) is 0 Å². The van der Waals surface area contributed by atoms with Crippen molar-refractivity contribution in [2.75, 3.05) is 19.6 Å². The molecule has 0 bridgehead atoms. The number of aromatic nitrogens is 3. The van der Waals surface area contributed by atoms with Crippen LogP contribution in [0, 0.1) is 0 Å². The van der Waals surface area contributed by atoms with Crippen LogP contribution in [-0.2, 0) is 6.54 Å². The third-order valence-corrected chi connectivity index (χ3v) is 2.45. The van der Waals surface area contributed by atoms with E-state index < -0.39 is 0 Å². The van der Waals surface area contributed by atoms with Gasteiger partial charge in [-0.3, -0.25) is 4.98 Å². The molecule has 2 rings (SSSR count). The minimum Gasteiger partial charge on any atom is -0.316 e. The molecule has 0 fully saturated rings. The van der Waals surface area contributed by atoms with Crippen molar-refractivity contribution in [2.24, 2.45) is 0 Å². The van der Waals surface area contributed by atoms with E-state index in [9.17, 15) is 0 Å². The standard InChI is InChI=1S/C11H17N5/c1-2-12-3-4-13-7-10-8-15-16-6-5-14-9-11(10)16/h5-6,8-9,12-13H,2-4,7H2,1H3. The summed E-state index contributed by atoms with van der Waals surface area (Å²) in [6, 6.07) is 0. The van der Waals surface area contributed by atoms with Crippen LogP contribution in [-0.4, -0.2) is 34.2 Å². The number of nitrogens with one attached hydrogen (secondary N) is 2. The predicted molar refractivity (Wildman–Crippen MR) is 63.2 cm³/mol. The first-order valence-electron chi connectivity index (χ1n) is 5.59. The van der Waals surface area contributed by atoms with E-state index in [1.54, 1.807) is 6.20 Å². The molecule has 0 saturated heterocycles. The van der Waals surface area contributed by atoms with Gasteiger partial charge in [-0.1, -0.05) is 6.92 Å². The molecule has 2 aromatic rings. The van der Waals surface area contributed by atoms with Gasteiger partial charge in [-0.15, -0.1) is 0 Å². The van der Waals surface area contributed by atoms with E-state index in [1.165, 1.54) is 5.56 Å². The molecular formula is C11H17N5. The minimum atomic E-state index is 0.834. The smallest absolute Gasteiger partial charge is 0.0889 e. The van der Waals surface area contributed by atoms with Crippen molar-refractivity contribution in [3.05, 3.63) is 30.4 Å². The fraction of sp³-hybridized carbons (Fsp3) is 0.455. The van der Waals surface area contributed by atoms with Crippen LogP contribution in [0.2, 0.25) is 0 Å². The van der Waals surface area contributed by atoms with Gasteiger partial charge >= 0.3 is 0 Å². The number of nitrogens with zero attached hydrogens (tertiary/aromatic N) is 3. The second kappa shape index (κ2) is 5.58. The zero-order valence-electron chi connectivity index (χ0n) is 9.48. The average Bonchev–Trinajstić information content (AvgIpc) is 2.73. The summed E-state index contributed by atoms with van der Waals surface area (Å²) in [6.45, 7) is 5.92. The molecule has 0 aliphatic carbocycles. The van der Waals surface area contributed by atoms with Crippen molar-refractivity contribution in [1.29, 1.82) is 0 Å². The first kappa shape index (κ1) is 11.0. The van der Waals surface area contributed by atoms with E-state index in [1.807, 2.05) is 23.1 Å². The lowest BCUT2D eigenvalue weighted by Crippen LogP contribution is -2.26. The highest BCUT2D eigenvalue weighted by molar-refractivity contribution is 5.51. The number of hydrogen-bond donors (Lipinski definition) is 2. The van der Waals surface area contributed by atoms with Crippen LogP contribution in [0.5, 0.6) is 0 Å². The Bertz CT molecular complexity index is 437. The third-order valence-electron chi connectivity index (χ3n) is 2.45. The Kier molecular flexibility index (Phi) is 3.85. The molecule has 0 aliphatic rings. The molecule has 5 heteroatoms. The van der Waals surface area contributed by atoms with Crippen LogP contribution >= 0.6 is 0 Å². The van der Waals surface area contributed by atoms with Crippen molar-refractivity contribution >= 4 is 5.52 Å². The summed E-state index contributed by atoms with van der Waals surface area (Å²) in [5.41, 5.74) is 2.25. The molecule has 0 amide bonds. The van der Waals surface area contributed by atoms with Crippen LogP contribution in [0.4, 0.5) is 0 Å². The number of fused-ring (bicyclic) bond motifs is 1. The van der Waals surface area contributed by atoms with Crippen LogP contribution in [0.25, 0.3) is 5.52 Å². The fourth-order valence-electron chi connectivity index (χ4n) is 1.60. The first-order valence-corrected chi connectivity index (χ1v) is 5.59. The molecule has 0 atom stereocenters. The predicted octanol–water partition coefficient (Wildman–Crippen LogP) is 0.428. The Balaban J connectivity index is 1.89. The molecule has 86 valence electrons. The van der Waals surface area contributed by atoms with Gasteiger partial charge in [-0.25, -0.2) is 4.52 Å². The lowest BCUT2D eigenvalue weighted by molar-refractivity contribution is 0.626. The van der Waals surface area contributed by atoms with E-state index in [0.717, 1.165) is 31.7 Å². The minimum absolute atomic E-state index is 0.834. The average molecular weight is 219 g/mol. The van der Waals surface area contributed by atoms with Crippen LogP contribution < -0.4 is 10.6 Å². The van der Waals surface area contributed by atoms with Crippen molar-refractivity contribution < 1.29 is 0 Å². The molecular weight excluding hydrogens is 202 g/mol. The summed E-state index contributed by atoms with van der Waals surface area (Å²) in [5.74, 6) is 0. The highest BCUT2D eigenvalue weighted by atomic mass is 15.2. The van der Waals surface area contributed by atoms with Crippen LogP contribution in [0.15, 0.2) is 24.8 Å². The normalized spacial score (nSPS) is 11.1. The van der Waals surface area contributed by atoms with E-state index >= 15 is 0 Å². The maximum absolute atomic E-state index is 4.25. The van der Waals surface area contributed by atoms with Crippen molar-refractivity contribution in [2.45, 2.75) is 13.5 Å². The maximum atomic E-state index is 4.25. The van der Waals surface area contributed by atoms with Crippen LogP contribution in [0.3, 0.4) is 0 Å². The van der Waals surface area contributed by atoms with E-state index in [2.05, 4.69) is 27.6 Å². The SMILES string of the molecule is CCNCCNCc1cnn2ccncc12. The van der Waals surface area contributed by atoms with Gasteiger partial charge in [0.25, 0.3) is 0 Å². The number of hydrogen-bond acceptors (Lipinski definition) is 4. The summed E-state index contributed by atoms with van der Waals surface area (Å²) in [7, 11) is 0. The molecule has 0 aliphatic heterocycles. The Morgan fingerprint density at radius 1 is 1.25 bits per heavy atom. The molecule has 5 nitrogen and oxygen atoms in total. The maximum Gasteiger partial charge on any atom is 0.0889 e. The second-order valence-corrected chi connectivity index (χ2v) is 3.61. The van der Waals surface area contributed by atoms with Gasteiger partial charge in [0.05, 0.1) is 17.9 Å². The molecule has 0 unspecified atom stereocenters. The second-order valence-electron chi connectivity index (χ2n) is 3.61. The van der Waals surface area contributed by atoms with E-state index in [-0.39, 0.29) is 0 Å². The third kappa shape index (κ3) is 2.56. The summed E-state index contributed by atoms with van der Waals surface area (Å²) in [5, 5.41) is 10.9. The lowest BCUT2D eigenvalue weighted by atomic mass is 10.3. The monoisotopic (exact) mass is 219 g/mol. The molecule has 2 heterocycles. The molecule has 0 aromatic carbocycles.